The Labute approximate surface area is 79.5 Å². The number of benzene rings is 1. The maximum absolute atomic E-state index is 11.2. The highest BCUT2D eigenvalue weighted by atomic mass is 32.1. The van der Waals surface area contributed by atoms with Crippen LogP contribution in [-0.2, 0) is 0 Å². The molecule has 5 heteroatoms. The number of nitrogens with two attached hydrogens (primary N) is 1. The van der Waals surface area contributed by atoms with Crippen molar-refractivity contribution in [3.63, 3.8) is 0 Å². The van der Waals surface area contributed by atoms with Crippen LogP contribution in [0.1, 0.15) is 20.7 Å². The standard InChI is InChI=1S/C8H6N2O2S/c9-3-1-4-6(5(13)2-3)8(12)10-7(4)11/h1-2,13H,9H2,(H,10,11,12). The molecule has 2 amide bonds. The van der Waals surface area contributed by atoms with E-state index in [9.17, 15) is 9.59 Å². The molecule has 1 aromatic carbocycles. The maximum atomic E-state index is 11.2. The number of nitrogen functional groups attached to an aromatic ring is 1. The molecule has 1 aliphatic heterocycles. The molecule has 2 rings (SSSR count). The van der Waals surface area contributed by atoms with Gasteiger partial charge >= 0.3 is 0 Å². The Morgan fingerprint density at radius 2 is 1.92 bits per heavy atom. The van der Waals surface area contributed by atoms with Gasteiger partial charge in [0.25, 0.3) is 11.8 Å². The zero-order valence-corrected chi connectivity index (χ0v) is 7.39. The van der Waals surface area contributed by atoms with E-state index in [0.717, 1.165) is 0 Å². The lowest BCUT2D eigenvalue weighted by Gasteiger charge is -2.00. The van der Waals surface area contributed by atoms with E-state index in [4.69, 9.17) is 5.73 Å². The van der Waals surface area contributed by atoms with Crippen LogP contribution in [0.4, 0.5) is 5.69 Å². The number of fused-ring (bicyclic) bond motifs is 1. The van der Waals surface area contributed by atoms with Crippen LogP contribution in [0.25, 0.3) is 0 Å². The highest BCUT2D eigenvalue weighted by Crippen LogP contribution is 2.25. The van der Waals surface area contributed by atoms with Gasteiger partial charge < -0.3 is 5.73 Å². The summed E-state index contributed by atoms with van der Waals surface area (Å²) in [5, 5.41) is 2.17. The summed E-state index contributed by atoms with van der Waals surface area (Å²) in [6.45, 7) is 0. The normalized spacial score (nSPS) is 14.2. The quantitative estimate of drug-likeness (QED) is 0.319. The minimum absolute atomic E-state index is 0.301. The Morgan fingerprint density at radius 3 is 2.62 bits per heavy atom. The SMILES string of the molecule is Nc1cc(S)c2c(c1)C(=O)NC2=O. The number of carbonyl (C=O) groups excluding carboxylic acids is 2. The van der Waals surface area contributed by atoms with Crippen molar-refractivity contribution in [1.29, 1.82) is 0 Å². The van der Waals surface area contributed by atoms with Crippen LogP contribution in [0.2, 0.25) is 0 Å². The summed E-state index contributed by atoms with van der Waals surface area (Å²) in [7, 11) is 0. The number of hydrogen-bond acceptors (Lipinski definition) is 4. The summed E-state index contributed by atoms with van der Waals surface area (Å²) in [5.74, 6) is -0.826. The molecule has 0 radical (unpaired) electrons. The molecule has 3 N–H and O–H groups in total. The fraction of sp³-hybridized carbons (Fsp3) is 0. The lowest BCUT2D eigenvalue weighted by Crippen LogP contribution is -2.20. The van der Waals surface area contributed by atoms with E-state index in [0.29, 0.717) is 21.7 Å². The van der Waals surface area contributed by atoms with E-state index in [-0.39, 0.29) is 0 Å². The van der Waals surface area contributed by atoms with E-state index < -0.39 is 11.8 Å². The second-order valence-electron chi connectivity index (χ2n) is 2.75. The average Bonchev–Trinajstić information content (AvgIpc) is 2.27. The van der Waals surface area contributed by atoms with Crippen LogP contribution in [0.3, 0.4) is 0 Å². The minimum Gasteiger partial charge on any atom is -0.399 e. The molecule has 1 aliphatic rings. The Balaban J connectivity index is 2.77. The van der Waals surface area contributed by atoms with Gasteiger partial charge in [-0.25, -0.2) is 0 Å². The van der Waals surface area contributed by atoms with Crippen LogP contribution >= 0.6 is 12.6 Å². The summed E-state index contributed by atoms with van der Waals surface area (Å²) in [6.07, 6.45) is 0. The van der Waals surface area contributed by atoms with Crippen molar-refractivity contribution >= 4 is 30.1 Å². The second kappa shape index (κ2) is 2.50. The Hall–Kier alpha value is -1.49. The molecule has 0 bridgehead atoms. The minimum atomic E-state index is -0.414. The number of anilines is 1. The first-order valence-corrected chi connectivity index (χ1v) is 4.02. The molecule has 0 saturated carbocycles. The zero-order valence-electron chi connectivity index (χ0n) is 6.50. The van der Waals surface area contributed by atoms with E-state index in [1.165, 1.54) is 6.07 Å². The number of rotatable bonds is 0. The summed E-state index contributed by atoms with van der Waals surface area (Å²) in [4.78, 5) is 22.8. The van der Waals surface area contributed by atoms with Crippen LogP contribution in [0.15, 0.2) is 17.0 Å². The van der Waals surface area contributed by atoms with Crippen LogP contribution in [0.5, 0.6) is 0 Å². The second-order valence-corrected chi connectivity index (χ2v) is 3.23. The Bertz CT molecular complexity index is 428. The molecular weight excluding hydrogens is 188 g/mol. The van der Waals surface area contributed by atoms with Gasteiger partial charge in [-0.05, 0) is 12.1 Å². The van der Waals surface area contributed by atoms with Crippen LogP contribution in [-0.4, -0.2) is 11.8 Å². The van der Waals surface area contributed by atoms with Crippen molar-refractivity contribution in [3.8, 4) is 0 Å². The molecule has 0 atom stereocenters. The summed E-state index contributed by atoms with van der Waals surface area (Å²) in [5.41, 5.74) is 6.53. The van der Waals surface area contributed by atoms with E-state index in [1.807, 2.05) is 0 Å². The van der Waals surface area contributed by atoms with Crippen LogP contribution in [0, 0.1) is 0 Å². The fourth-order valence-corrected chi connectivity index (χ4v) is 1.67. The lowest BCUT2D eigenvalue weighted by atomic mass is 10.1. The predicted molar refractivity (Wildman–Crippen MR) is 49.9 cm³/mol. The molecule has 13 heavy (non-hydrogen) atoms. The van der Waals surface area contributed by atoms with E-state index in [1.54, 1.807) is 6.07 Å². The van der Waals surface area contributed by atoms with Gasteiger partial charge in [0, 0.05) is 10.6 Å². The lowest BCUT2D eigenvalue weighted by molar-refractivity contribution is 0.0879. The average molecular weight is 194 g/mol. The van der Waals surface area contributed by atoms with Gasteiger partial charge in [-0.3, -0.25) is 14.9 Å². The highest BCUT2D eigenvalue weighted by molar-refractivity contribution is 7.80. The topological polar surface area (TPSA) is 72.2 Å². The Morgan fingerprint density at radius 1 is 1.23 bits per heavy atom. The fourth-order valence-electron chi connectivity index (χ4n) is 1.30. The monoisotopic (exact) mass is 194 g/mol. The molecule has 1 aromatic rings. The molecular formula is C8H6N2O2S. The Kier molecular flexibility index (Phi) is 1.56. The first-order chi connectivity index (χ1) is 6.09. The third-order valence-electron chi connectivity index (χ3n) is 1.84. The molecule has 66 valence electrons. The molecule has 1 heterocycles. The van der Waals surface area contributed by atoms with Gasteiger partial charge in [0.15, 0.2) is 0 Å². The third kappa shape index (κ3) is 1.08. The number of thiol groups is 1. The molecule has 4 nitrogen and oxygen atoms in total. The summed E-state index contributed by atoms with van der Waals surface area (Å²) < 4.78 is 0. The van der Waals surface area contributed by atoms with Gasteiger partial charge in [0.05, 0.1) is 11.1 Å². The maximum Gasteiger partial charge on any atom is 0.260 e. The largest absolute Gasteiger partial charge is 0.399 e. The number of hydrogen-bond donors (Lipinski definition) is 3. The predicted octanol–water partition coefficient (Wildman–Crippen LogP) is 0.441. The summed E-state index contributed by atoms with van der Waals surface area (Å²) in [6, 6.07) is 3.01. The number of nitrogens with one attached hydrogen (secondary N) is 1. The molecule has 0 unspecified atom stereocenters. The third-order valence-corrected chi connectivity index (χ3v) is 2.19. The smallest absolute Gasteiger partial charge is 0.260 e. The van der Waals surface area contributed by atoms with E-state index >= 15 is 0 Å². The molecule has 0 aliphatic carbocycles. The molecule has 0 fully saturated rings. The number of carbonyl (C=O) groups is 2. The zero-order chi connectivity index (χ0) is 9.59. The van der Waals surface area contributed by atoms with Gasteiger partial charge in [0.1, 0.15) is 0 Å². The van der Waals surface area contributed by atoms with Crippen molar-refractivity contribution in [3.05, 3.63) is 23.3 Å². The first kappa shape index (κ1) is 8.12. The van der Waals surface area contributed by atoms with Crippen molar-refractivity contribution in [2.24, 2.45) is 0 Å². The van der Waals surface area contributed by atoms with Gasteiger partial charge in [-0.1, -0.05) is 0 Å². The van der Waals surface area contributed by atoms with Crippen molar-refractivity contribution in [2.45, 2.75) is 4.90 Å². The van der Waals surface area contributed by atoms with Gasteiger partial charge in [0.2, 0.25) is 0 Å². The van der Waals surface area contributed by atoms with E-state index in [2.05, 4.69) is 17.9 Å². The first-order valence-electron chi connectivity index (χ1n) is 3.58. The van der Waals surface area contributed by atoms with Gasteiger partial charge in [-0.2, -0.15) is 0 Å². The summed E-state index contributed by atoms with van der Waals surface area (Å²) >= 11 is 4.06. The molecule has 0 spiro atoms. The molecule has 0 saturated heterocycles. The van der Waals surface area contributed by atoms with Crippen LogP contribution < -0.4 is 11.1 Å². The number of amides is 2. The van der Waals surface area contributed by atoms with Crippen molar-refractivity contribution < 1.29 is 9.59 Å². The molecule has 0 aromatic heterocycles. The van der Waals surface area contributed by atoms with Crippen molar-refractivity contribution in [2.75, 3.05) is 5.73 Å². The number of imide groups is 1. The van der Waals surface area contributed by atoms with Gasteiger partial charge in [-0.15, -0.1) is 12.6 Å². The van der Waals surface area contributed by atoms with Crippen molar-refractivity contribution in [1.82, 2.24) is 5.32 Å². The highest BCUT2D eigenvalue weighted by Gasteiger charge is 2.28.